The van der Waals surface area contributed by atoms with Crippen molar-refractivity contribution >= 4 is 23.3 Å². The largest absolute Gasteiger partial charge is 0.495 e. The fraction of sp³-hybridized carbons (Fsp3) is 0.391. The van der Waals surface area contributed by atoms with Gasteiger partial charge in [0.15, 0.2) is 0 Å². The Bertz CT molecular complexity index is 934. The zero-order valence-corrected chi connectivity index (χ0v) is 17.5. The third kappa shape index (κ3) is 4.50. The number of ether oxygens (including phenoxy) is 1. The maximum absolute atomic E-state index is 12.8. The van der Waals surface area contributed by atoms with Crippen molar-refractivity contribution in [1.29, 1.82) is 0 Å². The standard InChI is InChI=1S/C23H28N4O3/c1-16-7-8-17(22(28)24-18-9-10-18)15-19(16)25-23(29)27-13-11-26(12-14-27)20-5-3-4-6-21(20)30-2/h3-8,15,18H,9-14H2,1-2H3,(H,24,28)(H,25,29). The Hall–Kier alpha value is -3.22. The summed E-state index contributed by atoms with van der Waals surface area (Å²) in [6.45, 7) is 4.63. The number of rotatable bonds is 5. The Kier molecular flexibility index (Phi) is 5.79. The molecular weight excluding hydrogens is 380 g/mol. The highest BCUT2D eigenvalue weighted by atomic mass is 16.5. The molecule has 2 aromatic rings. The lowest BCUT2D eigenvalue weighted by atomic mass is 10.1. The molecule has 0 spiro atoms. The van der Waals surface area contributed by atoms with Gasteiger partial charge in [-0.1, -0.05) is 18.2 Å². The number of piperazine rings is 1. The van der Waals surface area contributed by atoms with Gasteiger partial charge in [-0.2, -0.15) is 0 Å². The van der Waals surface area contributed by atoms with Gasteiger partial charge in [-0.05, 0) is 49.6 Å². The summed E-state index contributed by atoms with van der Waals surface area (Å²) >= 11 is 0. The summed E-state index contributed by atoms with van der Waals surface area (Å²) in [5.41, 5.74) is 3.23. The summed E-state index contributed by atoms with van der Waals surface area (Å²) in [7, 11) is 1.67. The minimum Gasteiger partial charge on any atom is -0.495 e. The molecule has 2 aliphatic rings. The van der Waals surface area contributed by atoms with E-state index >= 15 is 0 Å². The molecule has 1 aliphatic heterocycles. The second-order valence-electron chi connectivity index (χ2n) is 7.85. The quantitative estimate of drug-likeness (QED) is 0.797. The molecule has 0 radical (unpaired) electrons. The Morgan fingerprint density at radius 3 is 2.47 bits per heavy atom. The molecule has 1 aliphatic carbocycles. The van der Waals surface area contributed by atoms with Crippen molar-refractivity contribution in [3.63, 3.8) is 0 Å². The summed E-state index contributed by atoms with van der Waals surface area (Å²) in [5.74, 6) is 0.755. The molecule has 0 bridgehead atoms. The fourth-order valence-electron chi connectivity index (χ4n) is 3.63. The number of carbonyl (C=O) groups is 2. The van der Waals surface area contributed by atoms with Crippen LogP contribution in [0.15, 0.2) is 42.5 Å². The van der Waals surface area contributed by atoms with Crippen LogP contribution in [0, 0.1) is 6.92 Å². The second-order valence-corrected chi connectivity index (χ2v) is 7.85. The van der Waals surface area contributed by atoms with Gasteiger partial charge in [0.1, 0.15) is 5.75 Å². The van der Waals surface area contributed by atoms with Crippen molar-refractivity contribution in [1.82, 2.24) is 10.2 Å². The summed E-state index contributed by atoms with van der Waals surface area (Å²) < 4.78 is 5.46. The third-order valence-electron chi connectivity index (χ3n) is 5.65. The van der Waals surface area contributed by atoms with Crippen LogP contribution < -0.4 is 20.3 Å². The number of nitrogens with one attached hydrogen (secondary N) is 2. The van der Waals surface area contributed by atoms with E-state index in [1.807, 2.05) is 42.2 Å². The van der Waals surface area contributed by atoms with E-state index in [1.165, 1.54) is 0 Å². The first-order chi connectivity index (χ1) is 14.5. The Morgan fingerprint density at radius 2 is 1.77 bits per heavy atom. The van der Waals surface area contributed by atoms with E-state index in [9.17, 15) is 9.59 Å². The van der Waals surface area contributed by atoms with Crippen molar-refractivity contribution in [2.24, 2.45) is 0 Å². The predicted octanol–water partition coefficient (Wildman–Crippen LogP) is 3.25. The van der Waals surface area contributed by atoms with Gasteiger partial charge >= 0.3 is 6.03 Å². The zero-order chi connectivity index (χ0) is 21.1. The molecule has 7 nitrogen and oxygen atoms in total. The number of anilines is 2. The molecule has 0 aromatic heterocycles. The van der Waals surface area contributed by atoms with Gasteiger partial charge in [0, 0.05) is 43.5 Å². The smallest absolute Gasteiger partial charge is 0.321 e. The topological polar surface area (TPSA) is 73.9 Å². The molecule has 2 N–H and O–H groups in total. The molecule has 2 aromatic carbocycles. The van der Waals surface area contributed by atoms with E-state index < -0.39 is 0 Å². The molecule has 1 saturated heterocycles. The van der Waals surface area contributed by atoms with Gasteiger partial charge in [0.25, 0.3) is 5.91 Å². The lowest BCUT2D eigenvalue weighted by Crippen LogP contribution is -2.50. The first-order valence-electron chi connectivity index (χ1n) is 10.4. The third-order valence-corrected chi connectivity index (χ3v) is 5.65. The summed E-state index contributed by atoms with van der Waals surface area (Å²) in [6.07, 6.45) is 2.09. The van der Waals surface area contributed by atoms with Crippen LogP contribution in [-0.2, 0) is 0 Å². The maximum atomic E-state index is 12.8. The van der Waals surface area contributed by atoms with Gasteiger partial charge in [0.05, 0.1) is 12.8 Å². The number of benzene rings is 2. The van der Waals surface area contributed by atoms with E-state index in [4.69, 9.17) is 4.74 Å². The molecule has 4 rings (SSSR count). The van der Waals surface area contributed by atoms with Crippen molar-refractivity contribution < 1.29 is 14.3 Å². The monoisotopic (exact) mass is 408 g/mol. The SMILES string of the molecule is COc1ccccc1N1CCN(C(=O)Nc2cc(C(=O)NC3CC3)ccc2C)CC1. The minimum absolute atomic E-state index is 0.0848. The Balaban J connectivity index is 1.37. The highest BCUT2D eigenvalue weighted by Crippen LogP contribution is 2.28. The van der Waals surface area contributed by atoms with Crippen molar-refractivity contribution in [3.05, 3.63) is 53.6 Å². The van der Waals surface area contributed by atoms with Crippen LogP contribution >= 0.6 is 0 Å². The van der Waals surface area contributed by atoms with Gasteiger partial charge in [0.2, 0.25) is 0 Å². The fourth-order valence-corrected chi connectivity index (χ4v) is 3.63. The van der Waals surface area contributed by atoms with Crippen molar-refractivity contribution in [2.75, 3.05) is 43.5 Å². The van der Waals surface area contributed by atoms with Crippen LogP contribution in [0.2, 0.25) is 0 Å². The second kappa shape index (κ2) is 8.65. The van der Waals surface area contributed by atoms with Crippen LogP contribution in [-0.4, -0.2) is 56.2 Å². The number of nitrogens with zero attached hydrogens (tertiary/aromatic N) is 2. The number of para-hydroxylation sites is 2. The summed E-state index contributed by atoms with van der Waals surface area (Å²) in [4.78, 5) is 29.2. The average molecular weight is 409 g/mol. The molecule has 0 unspecified atom stereocenters. The number of hydrogen-bond acceptors (Lipinski definition) is 4. The summed E-state index contributed by atoms with van der Waals surface area (Å²) in [5, 5.41) is 5.97. The predicted molar refractivity (Wildman–Crippen MR) is 117 cm³/mol. The van der Waals surface area contributed by atoms with E-state index in [0.717, 1.165) is 42.9 Å². The number of amides is 3. The molecule has 1 heterocycles. The van der Waals surface area contributed by atoms with E-state index in [0.29, 0.717) is 30.4 Å². The molecule has 1 saturated carbocycles. The summed E-state index contributed by atoms with van der Waals surface area (Å²) in [6, 6.07) is 13.5. The maximum Gasteiger partial charge on any atom is 0.321 e. The normalized spacial score (nSPS) is 16.2. The highest BCUT2D eigenvalue weighted by Gasteiger charge is 2.25. The lowest BCUT2D eigenvalue weighted by molar-refractivity contribution is 0.0951. The molecular formula is C23H28N4O3. The van der Waals surface area contributed by atoms with Crippen molar-refractivity contribution in [2.45, 2.75) is 25.8 Å². The molecule has 7 heteroatoms. The lowest BCUT2D eigenvalue weighted by Gasteiger charge is -2.36. The van der Waals surface area contributed by atoms with Crippen LogP contribution in [0.1, 0.15) is 28.8 Å². The number of hydrogen-bond donors (Lipinski definition) is 2. The Morgan fingerprint density at radius 1 is 1.03 bits per heavy atom. The van der Waals surface area contributed by atoms with Gasteiger partial charge in [-0.3, -0.25) is 4.79 Å². The van der Waals surface area contributed by atoms with Gasteiger partial charge < -0.3 is 25.2 Å². The minimum atomic E-state index is -0.141. The molecule has 2 fully saturated rings. The van der Waals surface area contributed by atoms with Crippen LogP contribution in [0.3, 0.4) is 0 Å². The number of aryl methyl sites for hydroxylation is 1. The van der Waals surface area contributed by atoms with Gasteiger partial charge in [-0.15, -0.1) is 0 Å². The Labute approximate surface area is 177 Å². The van der Waals surface area contributed by atoms with Crippen LogP contribution in [0.5, 0.6) is 5.75 Å². The van der Waals surface area contributed by atoms with Crippen LogP contribution in [0.25, 0.3) is 0 Å². The molecule has 30 heavy (non-hydrogen) atoms. The van der Waals surface area contributed by atoms with E-state index in [2.05, 4.69) is 15.5 Å². The molecule has 158 valence electrons. The van der Waals surface area contributed by atoms with Gasteiger partial charge in [-0.25, -0.2) is 4.79 Å². The molecule has 0 atom stereocenters. The van der Waals surface area contributed by atoms with Crippen LogP contribution in [0.4, 0.5) is 16.2 Å². The number of urea groups is 1. The number of methoxy groups -OCH3 is 1. The molecule has 3 amide bonds. The zero-order valence-electron chi connectivity index (χ0n) is 17.5. The number of carbonyl (C=O) groups excluding carboxylic acids is 2. The first-order valence-corrected chi connectivity index (χ1v) is 10.4. The average Bonchev–Trinajstić information content (AvgIpc) is 3.59. The van der Waals surface area contributed by atoms with E-state index in [-0.39, 0.29) is 11.9 Å². The first kappa shape index (κ1) is 20.1. The van der Waals surface area contributed by atoms with Crippen molar-refractivity contribution in [3.8, 4) is 5.75 Å². The highest BCUT2D eigenvalue weighted by molar-refractivity contribution is 5.97. The van der Waals surface area contributed by atoms with E-state index in [1.54, 1.807) is 19.2 Å².